The fraction of sp³-hybridized carbons (Fsp3) is 0.462. The highest BCUT2D eigenvalue weighted by molar-refractivity contribution is 5.99. The standard InChI is InChI=1S/C13H17FN2O/c1-16(10-4-2-3-5-10)13(17)11-7-6-9(14)8-12(11)15/h6-8,10H,2-5,15H2,1H3. The molecule has 1 aliphatic rings. The third kappa shape index (κ3) is 2.40. The molecule has 0 unspecified atom stereocenters. The largest absolute Gasteiger partial charge is 0.398 e. The Morgan fingerprint density at radius 2 is 2.06 bits per heavy atom. The molecule has 1 amide bonds. The van der Waals surface area contributed by atoms with Crippen molar-refractivity contribution < 1.29 is 9.18 Å². The summed E-state index contributed by atoms with van der Waals surface area (Å²) < 4.78 is 12.9. The van der Waals surface area contributed by atoms with Gasteiger partial charge in [0.25, 0.3) is 5.91 Å². The van der Waals surface area contributed by atoms with Gasteiger partial charge >= 0.3 is 0 Å². The molecule has 1 aromatic carbocycles. The van der Waals surface area contributed by atoms with Gasteiger partial charge in [0, 0.05) is 18.8 Å². The van der Waals surface area contributed by atoms with Crippen molar-refractivity contribution in [3.05, 3.63) is 29.6 Å². The highest BCUT2D eigenvalue weighted by Crippen LogP contribution is 2.25. The van der Waals surface area contributed by atoms with Gasteiger partial charge in [-0.2, -0.15) is 0 Å². The first-order valence-corrected chi connectivity index (χ1v) is 5.92. The molecule has 2 rings (SSSR count). The molecule has 0 atom stereocenters. The number of benzene rings is 1. The Bertz CT molecular complexity index is 427. The minimum atomic E-state index is -0.414. The molecule has 1 fully saturated rings. The van der Waals surface area contributed by atoms with Crippen LogP contribution in [-0.2, 0) is 0 Å². The summed E-state index contributed by atoms with van der Waals surface area (Å²) >= 11 is 0. The van der Waals surface area contributed by atoms with Crippen LogP contribution in [0.15, 0.2) is 18.2 Å². The molecule has 0 radical (unpaired) electrons. The van der Waals surface area contributed by atoms with Crippen molar-refractivity contribution in [1.82, 2.24) is 4.90 Å². The third-order valence-corrected chi connectivity index (χ3v) is 3.44. The molecule has 0 spiro atoms. The fourth-order valence-electron chi connectivity index (χ4n) is 2.38. The maximum absolute atomic E-state index is 12.9. The molecular weight excluding hydrogens is 219 g/mol. The lowest BCUT2D eigenvalue weighted by Gasteiger charge is -2.24. The SMILES string of the molecule is CN(C(=O)c1ccc(F)cc1N)C1CCCC1. The van der Waals surface area contributed by atoms with Gasteiger partial charge in [-0.3, -0.25) is 4.79 Å². The molecule has 1 saturated carbocycles. The first-order valence-electron chi connectivity index (χ1n) is 5.92. The van der Waals surface area contributed by atoms with E-state index in [1.54, 1.807) is 11.9 Å². The van der Waals surface area contributed by atoms with E-state index in [0.29, 0.717) is 11.6 Å². The zero-order chi connectivity index (χ0) is 12.4. The number of hydrogen-bond donors (Lipinski definition) is 1. The van der Waals surface area contributed by atoms with E-state index in [1.807, 2.05) is 0 Å². The monoisotopic (exact) mass is 236 g/mol. The number of anilines is 1. The molecule has 1 aromatic rings. The van der Waals surface area contributed by atoms with E-state index in [0.717, 1.165) is 12.8 Å². The minimum Gasteiger partial charge on any atom is -0.398 e. The van der Waals surface area contributed by atoms with Crippen molar-refractivity contribution >= 4 is 11.6 Å². The topological polar surface area (TPSA) is 46.3 Å². The summed E-state index contributed by atoms with van der Waals surface area (Å²) in [5.74, 6) is -0.531. The average Bonchev–Trinajstić information content (AvgIpc) is 2.80. The molecule has 0 aliphatic heterocycles. The quantitative estimate of drug-likeness (QED) is 0.801. The van der Waals surface area contributed by atoms with Crippen LogP contribution >= 0.6 is 0 Å². The first-order chi connectivity index (χ1) is 8.09. The minimum absolute atomic E-state index is 0.116. The predicted octanol–water partition coefficient (Wildman–Crippen LogP) is 2.42. The van der Waals surface area contributed by atoms with E-state index in [2.05, 4.69) is 0 Å². The van der Waals surface area contributed by atoms with Crippen LogP contribution in [0.4, 0.5) is 10.1 Å². The van der Waals surface area contributed by atoms with Gasteiger partial charge in [-0.25, -0.2) is 4.39 Å². The van der Waals surface area contributed by atoms with Crippen molar-refractivity contribution in [2.75, 3.05) is 12.8 Å². The van der Waals surface area contributed by atoms with Crippen LogP contribution in [0.1, 0.15) is 36.0 Å². The van der Waals surface area contributed by atoms with Crippen LogP contribution in [0.2, 0.25) is 0 Å². The second-order valence-electron chi connectivity index (χ2n) is 4.59. The Labute approximate surface area is 100 Å². The van der Waals surface area contributed by atoms with Crippen molar-refractivity contribution in [3.63, 3.8) is 0 Å². The summed E-state index contributed by atoms with van der Waals surface area (Å²) in [5, 5.41) is 0. The molecule has 4 heteroatoms. The summed E-state index contributed by atoms with van der Waals surface area (Å²) in [4.78, 5) is 13.9. The van der Waals surface area contributed by atoms with Gasteiger partial charge in [-0.1, -0.05) is 12.8 Å². The normalized spacial score (nSPS) is 16.1. The molecule has 3 nitrogen and oxygen atoms in total. The molecule has 0 bridgehead atoms. The Morgan fingerprint density at radius 1 is 1.41 bits per heavy atom. The highest BCUT2D eigenvalue weighted by atomic mass is 19.1. The van der Waals surface area contributed by atoms with Gasteiger partial charge < -0.3 is 10.6 Å². The zero-order valence-electron chi connectivity index (χ0n) is 9.95. The number of nitrogens with zero attached hydrogens (tertiary/aromatic N) is 1. The van der Waals surface area contributed by atoms with Crippen molar-refractivity contribution in [2.24, 2.45) is 0 Å². The van der Waals surface area contributed by atoms with Crippen LogP contribution in [0.5, 0.6) is 0 Å². The van der Waals surface area contributed by atoms with Crippen molar-refractivity contribution in [1.29, 1.82) is 0 Å². The summed E-state index contributed by atoms with van der Waals surface area (Å²) in [6.07, 6.45) is 4.43. The summed E-state index contributed by atoms with van der Waals surface area (Å²) in [6.45, 7) is 0. The summed E-state index contributed by atoms with van der Waals surface area (Å²) in [5.41, 5.74) is 6.27. The van der Waals surface area contributed by atoms with Crippen LogP contribution in [0.25, 0.3) is 0 Å². The van der Waals surface area contributed by atoms with Gasteiger partial charge in [-0.05, 0) is 31.0 Å². The van der Waals surface area contributed by atoms with Crippen LogP contribution < -0.4 is 5.73 Å². The average molecular weight is 236 g/mol. The molecule has 2 N–H and O–H groups in total. The summed E-state index contributed by atoms with van der Waals surface area (Å²) in [6, 6.07) is 4.22. The molecule has 92 valence electrons. The van der Waals surface area contributed by atoms with Crippen LogP contribution in [-0.4, -0.2) is 23.9 Å². The number of hydrogen-bond acceptors (Lipinski definition) is 2. The van der Waals surface area contributed by atoms with Gasteiger partial charge in [0.15, 0.2) is 0 Å². The molecule has 0 aromatic heterocycles. The van der Waals surface area contributed by atoms with E-state index in [4.69, 9.17) is 5.73 Å². The van der Waals surface area contributed by atoms with Crippen LogP contribution in [0.3, 0.4) is 0 Å². The van der Waals surface area contributed by atoms with Gasteiger partial charge in [0.05, 0.1) is 5.56 Å². The number of nitrogen functional groups attached to an aromatic ring is 1. The van der Waals surface area contributed by atoms with E-state index < -0.39 is 5.82 Å². The smallest absolute Gasteiger partial charge is 0.255 e. The number of carbonyl (C=O) groups excluding carboxylic acids is 1. The number of carbonyl (C=O) groups is 1. The molecule has 0 saturated heterocycles. The van der Waals surface area contributed by atoms with Gasteiger partial charge in [0.1, 0.15) is 5.82 Å². The van der Waals surface area contributed by atoms with Crippen molar-refractivity contribution in [3.8, 4) is 0 Å². The Kier molecular flexibility index (Phi) is 3.31. The third-order valence-electron chi connectivity index (χ3n) is 3.44. The number of halogens is 1. The summed E-state index contributed by atoms with van der Waals surface area (Å²) in [7, 11) is 1.79. The van der Waals surface area contributed by atoms with Crippen LogP contribution in [0, 0.1) is 5.82 Å². The van der Waals surface area contributed by atoms with E-state index in [1.165, 1.54) is 31.0 Å². The Balaban J connectivity index is 2.18. The van der Waals surface area contributed by atoms with E-state index in [9.17, 15) is 9.18 Å². The lowest BCUT2D eigenvalue weighted by Crippen LogP contribution is -2.35. The molecule has 0 heterocycles. The zero-order valence-corrected chi connectivity index (χ0v) is 9.95. The number of nitrogens with two attached hydrogens (primary N) is 1. The predicted molar refractivity (Wildman–Crippen MR) is 65.2 cm³/mol. The number of amides is 1. The lowest BCUT2D eigenvalue weighted by atomic mass is 10.1. The second-order valence-corrected chi connectivity index (χ2v) is 4.59. The van der Waals surface area contributed by atoms with E-state index >= 15 is 0 Å². The lowest BCUT2D eigenvalue weighted by molar-refractivity contribution is 0.0736. The van der Waals surface area contributed by atoms with Gasteiger partial charge in [-0.15, -0.1) is 0 Å². The number of rotatable bonds is 2. The van der Waals surface area contributed by atoms with Gasteiger partial charge in [0.2, 0.25) is 0 Å². The second kappa shape index (κ2) is 4.73. The van der Waals surface area contributed by atoms with Crippen molar-refractivity contribution in [2.45, 2.75) is 31.7 Å². The first kappa shape index (κ1) is 11.9. The maximum atomic E-state index is 12.9. The molecular formula is C13H17FN2O. The Morgan fingerprint density at radius 3 is 2.65 bits per heavy atom. The Hall–Kier alpha value is -1.58. The molecule has 17 heavy (non-hydrogen) atoms. The fourth-order valence-corrected chi connectivity index (χ4v) is 2.38. The molecule has 1 aliphatic carbocycles. The highest BCUT2D eigenvalue weighted by Gasteiger charge is 2.25. The van der Waals surface area contributed by atoms with E-state index in [-0.39, 0.29) is 11.6 Å². The maximum Gasteiger partial charge on any atom is 0.255 e.